The van der Waals surface area contributed by atoms with Crippen molar-refractivity contribution in [3.8, 4) is 0 Å². The Morgan fingerprint density at radius 2 is 2.14 bits per heavy atom. The molecule has 1 aromatic carbocycles. The molecule has 0 fully saturated rings. The summed E-state index contributed by atoms with van der Waals surface area (Å²) in [5.74, 6) is 0.906. The molecule has 0 aliphatic carbocycles. The van der Waals surface area contributed by atoms with Crippen LogP contribution in [0.1, 0.15) is 18.1 Å². The Morgan fingerprint density at radius 1 is 1.36 bits per heavy atom. The highest BCUT2D eigenvalue weighted by Gasteiger charge is 2.06. The minimum atomic E-state index is 0.769. The van der Waals surface area contributed by atoms with Gasteiger partial charge in [-0.2, -0.15) is 0 Å². The third kappa shape index (κ3) is 1.87. The zero-order chi connectivity index (χ0) is 9.80. The first-order valence-corrected chi connectivity index (χ1v) is 4.99. The van der Waals surface area contributed by atoms with Crippen molar-refractivity contribution in [1.82, 2.24) is 10.6 Å². The minimum absolute atomic E-state index is 0.769. The summed E-state index contributed by atoms with van der Waals surface area (Å²) in [6.07, 6.45) is 0. The summed E-state index contributed by atoms with van der Waals surface area (Å²) in [5.41, 5.74) is 2.65. The third-order valence-electron chi connectivity index (χ3n) is 2.32. The van der Waals surface area contributed by atoms with E-state index in [-0.39, 0.29) is 0 Å². The van der Waals surface area contributed by atoms with Gasteiger partial charge in [0, 0.05) is 13.1 Å². The molecule has 1 aliphatic rings. The van der Waals surface area contributed by atoms with Gasteiger partial charge in [-0.15, -0.1) is 0 Å². The average molecular weight is 189 g/mol. The lowest BCUT2D eigenvalue weighted by Gasteiger charge is -2.07. The van der Waals surface area contributed by atoms with Gasteiger partial charge in [0.15, 0.2) is 5.96 Å². The van der Waals surface area contributed by atoms with Crippen molar-refractivity contribution in [1.29, 1.82) is 0 Å². The Balaban J connectivity index is 2.16. The molecule has 0 atom stereocenters. The van der Waals surface area contributed by atoms with Crippen molar-refractivity contribution in [2.24, 2.45) is 4.99 Å². The fraction of sp³-hybridized carbons (Fsp3) is 0.364. The molecule has 0 spiro atoms. The van der Waals surface area contributed by atoms with Crippen molar-refractivity contribution >= 4 is 5.96 Å². The number of nitrogens with one attached hydrogen (secondary N) is 2. The first kappa shape index (κ1) is 9.06. The van der Waals surface area contributed by atoms with Crippen LogP contribution in [-0.2, 0) is 13.1 Å². The van der Waals surface area contributed by atoms with E-state index in [9.17, 15) is 0 Å². The smallest absolute Gasteiger partial charge is 0.191 e. The molecule has 1 aromatic rings. The van der Waals surface area contributed by atoms with Crippen LogP contribution in [0.5, 0.6) is 0 Å². The Bertz CT molecular complexity index is 344. The van der Waals surface area contributed by atoms with Gasteiger partial charge in [-0.3, -0.25) is 0 Å². The summed E-state index contributed by atoms with van der Waals surface area (Å²) in [5, 5.41) is 6.48. The fourth-order valence-electron chi connectivity index (χ4n) is 1.57. The van der Waals surface area contributed by atoms with Gasteiger partial charge in [0.2, 0.25) is 0 Å². The second-order valence-electron chi connectivity index (χ2n) is 3.32. The first-order chi connectivity index (χ1) is 6.90. The van der Waals surface area contributed by atoms with Crippen LogP contribution in [-0.4, -0.2) is 12.5 Å². The van der Waals surface area contributed by atoms with Crippen molar-refractivity contribution in [3.63, 3.8) is 0 Å². The summed E-state index contributed by atoms with van der Waals surface area (Å²) in [7, 11) is 0. The number of aliphatic imine (C=N–C) groups is 1. The van der Waals surface area contributed by atoms with Crippen LogP contribution in [0.15, 0.2) is 29.3 Å². The highest BCUT2D eigenvalue weighted by atomic mass is 15.2. The lowest BCUT2D eigenvalue weighted by atomic mass is 10.1. The number of nitrogens with zero attached hydrogens (tertiary/aromatic N) is 1. The highest BCUT2D eigenvalue weighted by molar-refractivity contribution is 5.80. The van der Waals surface area contributed by atoms with Crippen LogP contribution >= 0.6 is 0 Å². The van der Waals surface area contributed by atoms with E-state index in [4.69, 9.17) is 0 Å². The second-order valence-corrected chi connectivity index (χ2v) is 3.32. The average Bonchev–Trinajstić information content (AvgIpc) is 2.42. The predicted octanol–water partition coefficient (Wildman–Crippen LogP) is 1.26. The van der Waals surface area contributed by atoms with E-state index in [0.717, 1.165) is 25.6 Å². The largest absolute Gasteiger partial charge is 0.357 e. The minimum Gasteiger partial charge on any atom is -0.357 e. The molecule has 0 amide bonds. The SMILES string of the molecule is CCNC1=NCc2ccccc2CN1. The maximum Gasteiger partial charge on any atom is 0.191 e. The quantitative estimate of drug-likeness (QED) is 0.697. The van der Waals surface area contributed by atoms with Crippen LogP contribution in [0, 0.1) is 0 Å². The second kappa shape index (κ2) is 4.13. The van der Waals surface area contributed by atoms with Gasteiger partial charge < -0.3 is 10.6 Å². The molecule has 2 N–H and O–H groups in total. The summed E-state index contributed by atoms with van der Waals surface area (Å²) in [4.78, 5) is 4.45. The third-order valence-corrected chi connectivity index (χ3v) is 2.32. The van der Waals surface area contributed by atoms with Crippen LogP contribution in [0.25, 0.3) is 0 Å². The van der Waals surface area contributed by atoms with Crippen molar-refractivity contribution < 1.29 is 0 Å². The Labute approximate surface area is 84.2 Å². The molecule has 0 radical (unpaired) electrons. The lowest BCUT2D eigenvalue weighted by molar-refractivity contribution is 0.838. The molecule has 1 aliphatic heterocycles. The van der Waals surface area contributed by atoms with Gasteiger partial charge in [-0.25, -0.2) is 4.99 Å². The molecule has 0 unspecified atom stereocenters. The zero-order valence-electron chi connectivity index (χ0n) is 8.38. The fourth-order valence-corrected chi connectivity index (χ4v) is 1.57. The molecular weight excluding hydrogens is 174 g/mol. The topological polar surface area (TPSA) is 36.4 Å². The zero-order valence-corrected chi connectivity index (χ0v) is 8.38. The molecule has 3 heteroatoms. The number of rotatable bonds is 1. The molecule has 14 heavy (non-hydrogen) atoms. The predicted molar refractivity (Wildman–Crippen MR) is 58.1 cm³/mol. The Hall–Kier alpha value is -1.51. The summed E-state index contributed by atoms with van der Waals surface area (Å²) >= 11 is 0. The van der Waals surface area contributed by atoms with Gasteiger partial charge in [0.05, 0.1) is 6.54 Å². The molecule has 0 bridgehead atoms. The summed E-state index contributed by atoms with van der Waals surface area (Å²) in [6, 6.07) is 8.41. The van der Waals surface area contributed by atoms with Gasteiger partial charge in [0.1, 0.15) is 0 Å². The maximum absolute atomic E-state index is 4.45. The Kier molecular flexibility index (Phi) is 2.68. The molecule has 74 valence electrons. The van der Waals surface area contributed by atoms with E-state index >= 15 is 0 Å². The van der Waals surface area contributed by atoms with Crippen LogP contribution in [0.3, 0.4) is 0 Å². The summed E-state index contributed by atoms with van der Waals surface area (Å²) in [6.45, 7) is 4.61. The van der Waals surface area contributed by atoms with Crippen molar-refractivity contribution in [3.05, 3.63) is 35.4 Å². The monoisotopic (exact) mass is 189 g/mol. The maximum atomic E-state index is 4.45. The number of hydrogen-bond donors (Lipinski definition) is 2. The normalized spacial score (nSPS) is 14.8. The van der Waals surface area contributed by atoms with Crippen LogP contribution in [0.2, 0.25) is 0 Å². The van der Waals surface area contributed by atoms with Gasteiger partial charge in [-0.1, -0.05) is 24.3 Å². The van der Waals surface area contributed by atoms with Gasteiger partial charge >= 0.3 is 0 Å². The van der Waals surface area contributed by atoms with E-state index in [0.29, 0.717) is 0 Å². The molecule has 3 nitrogen and oxygen atoms in total. The van der Waals surface area contributed by atoms with Crippen molar-refractivity contribution in [2.45, 2.75) is 20.0 Å². The van der Waals surface area contributed by atoms with E-state index in [2.05, 4.69) is 46.8 Å². The Morgan fingerprint density at radius 3 is 2.93 bits per heavy atom. The molecule has 0 saturated heterocycles. The number of fused-ring (bicyclic) bond motifs is 1. The van der Waals surface area contributed by atoms with E-state index in [1.165, 1.54) is 11.1 Å². The van der Waals surface area contributed by atoms with Crippen LogP contribution in [0.4, 0.5) is 0 Å². The highest BCUT2D eigenvalue weighted by Crippen LogP contribution is 2.11. The lowest BCUT2D eigenvalue weighted by Crippen LogP contribution is -2.35. The number of hydrogen-bond acceptors (Lipinski definition) is 3. The molecule has 1 heterocycles. The van der Waals surface area contributed by atoms with Crippen LogP contribution < -0.4 is 10.6 Å². The summed E-state index contributed by atoms with van der Waals surface area (Å²) < 4.78 is 0. The van der Waals surface area contributed by atoms with Gasteiger partial charge in [0.25, 0.3) is 0 Å². The van der Waals surface area contributed by atoms with E-state index < -0.39 is 0 Å². The number of guanidine groups is 1. The van der Waals surface area contributed by atoms with Gasteiger partial charge in [-0.05, 0) is 18.1 Å². The molecule has 0 aromatic heterocycles. The number of benzene rings is 1. The molecule has 2 rings (SSSR count). The molecule has 0 saturated carbocycles. The molecular formula is C11H15N3. The van der Waals surface area contributed by atoms with E-state index in [1.54, 1.807) is 0 Å². The first-order valence-electron chi connectivity index (χ1n) is 4.99. The standard InChI is InChI=1S/C11H15N3/c1-2-12-11-13-7-9-5-3-4-6-10(9)8-14-11/h3-6H,2,7-8H2,1H3,(H2,12,13,14). The van der Waals surface area contributed by atoms with E-state index in [1.807, 2.05) is 0 Å². The van der Waals surface area contributed by atoms with Crippen molar-refractivity contribution in [2.75, 3.05) is 6.54 Å².